The van der Waals surface area contributed by atoms with Gasteiger partial charge in [-0.3, -0.25) is 0 Å². The van der Waals surface area contributed by atoms with E-state index >= 15 is 0 Å². The number of carbonyl (C=O) groups excluding carboxylic acids is 1. The Morgan fingerprint density at radius 1 is 0.532 bits per heavy atom. The van der Waals surface area contributed by atoms with E-state index in [0.29, 0.717) is 13.2 Å². The highest BCUT2D eigenvalue weighted by molar-refractivity contribution is 5.67. The smallest absolute Gasteiger partial charge is 0.407 e. The third-order valence-electron chi connectivity index (χ3n) is 9.17. The Morgan fingerprint density at radius 3 is 1.40 bits per heavy atom. The topological polar surface area (TPSA) is 47.6 Å². The van der Waals surface area contributed by atoms with E-state index in [1.54, 1.807) is 0 Å². The van der Waals surface area contributed by atoms with Gasteiger partial charge in [-0.05, 0) is 78.1 Å². The molecular weight excluding hydrogens is 578 g/mol. The van der Waals surface area contributed by atoms with Crippen LogP contribution in [0.25, 0.3) is 0 Å². The van der Waals surface area contributed by atoms with Crippen LogP contribution >= 0.6 is 0 Å². The SMILES string of the molecule is CCCCC/C=C\C/C=C\CCCCCCCC(CCCCCCCCCCCCCCCCCC)OC(=O)NCCCOC(C)C. The van der Waals surface area contributed by atoms with Crippen molar-refractivity contribution in [3.63, 3.8) is 0 Å². The first-order valence-electron chi connectivity index (χ1n) is 21.0. The maximum atomic E-state index is 12.5. The third-order valence-corrected chi connectivity index (χ3v) is 9.17. The maximum absolute atomic E-state index is 12.5. The number of amides is 1. The molecule has 0 rings (SSSR count). The Balaban J connectivity index is 4.03. The van der Waals surface area contributed by atoms with Crippen LogP contribution in [0.2, 0.25) is 0 Å². The zero-order valence-electron chi connectivity index (χ0n) is 32.3. The van der Waals surface area contributed by atoms with Gasteiger partial charge in [0.15, 0.2) is 0 Å². The van der Waals surface area contributed by atoms with Crippen molar-refractivity contribution in [1.82, 2.24) is 5.32 Å². The van der Waals surface area contributed by atoms with Gasteiger partial charge < -0.3 is 14.8 Å². The van der Waals surface area contributed by atoms with Gasteiger partial charge >= 0.3 is 6.09 Å². The molecule has 278 valence electrons. The molecule has 0 aromatic heterocycles. The fourth-order valence-electron chi connectivity index (χ4n) is 6.14. The highest BCUT2D eigenvalue weighted by Crippen LogP contribution is 2.18. The maximum Gasteiger partial charge on any atom is 0.407 e. The molecule has 0 aliphatic rings. The first kappa shape index (κ1) is 45.7. The normalized spacial score (nSPS) is 12.5. The first-order chi connectivity index (χ1) is 23.1. The lowest BCUT2D eigenvalue weighted by atomic mass is 10.0. The summed E-state index contributed by atoms with van der Waals surface area (Å²) in [5, 5.41) is 2.95. The Hall–Kier alpha value is -1.29. The van der Waals surface area contributed by atoms with E-state index in [4.69, 9.17) is 9.47 Å². The van der Waals surface area contributed by atoms with Gasteiger partial charge in [-0.15, -0.1) is 0 Å². The standard InChI is InChI=1S/C43H83NO3/c1-5-7-9-11-13-15-17-19-21-23-25-27-29-31-33-35-38-42(47-43(45)44-39-36-40-46-41(3)4)37-34-32-30-28-26-24-22-20-18-16-14-12-10-8-6-2/h14,16,20,22,41-42H,5-13,15,17-19,21,23-40H2,1-4H3,(H,44,45)/b16-14-,22-20-. The van der Waals surface area contributed by atoms with Crippen molar-refractivity contribution in [2.45, 2.75) is 233 Å². The largest absolute Gasteiger partial charge is 0.446 e. The van der Waals surface area contributed by atoms with Crippen molar-refractivity contribution in [2.24, 2.45) is 0 Å². The lowest BCUT2D eigenvalue weighted by molar-refractivity contribution is 0.0720. The molecule has 1 unspecified atom stereocenters. The molecule has 0 aromatic rings. The first-order valence-corrected chi connectivity index (χ1v) is 21.0. The minimum absolute atomic E-state index is 0.0477. The number of rotatable bonds is 37. The summed E-state index contributed by atoms with van der Waals surface area (Å²) in [6, 6.07) is 0. The highest BCUT2D eigenvalue weighted by atomic mass is 16.6. The predicted octanol–water partition coefficient (Wildman–Crippen LogP) is 14.4. The zero-order valence-corrected chi connectivity index (χ0v) is 32.3. The number of allylic oxidation sites excluding steroid dienone is 4. The molecule has 0 saturated heterocycles. The van der Waals surface area contributed by atoms with Gasteiger partial charge in [0.2, 0.25) is 0 Å². The van der Waals surface area contributed by atoms with Gasteiger partial charge in [-0.1, -0.05) is 167 Å². The van der Waals surface area contributed by atoms with Gasteiger partial charge in [0.25, 0.3) is 0 Å². The zero-order chi connectivity index (χ0) is 34.3. The minimum atomic E-state index is -0.251. The molecule has 0 aliphatic heterocycles. The summed E-state index contributed by atoms with van der Waals surface area (Å²) in [5.41, 5.74) is 0. The quantitative estimate of drug-likeness (QED) is 0.0532. The van der Waals surface area contributed by atoms with Gasteiger partial charge in [0, 0.05) is 13.2 Å². The number of nitrogens with one attached hydrogen (secondary N) is 1. The molecule has 4 nitrogen and oxygen atoms in total. The van der Waals surface area contributed by atoms with E-state index < -0.39 is 0 Å². The van der Waals surface area contributed by atoms with Crippen molar-refractivity contribution < 1.29 is 14.3 Å². The number of unbranched alkanes of at least 4 members (excludes halogenated alkanes) is 23. The molecule has 0 aliphatic carbocycles. The molecule has 0 saturated carbocycles. The lowest BCUT2D eigenvalue weighted by Crippen LogP contribution is -2.30. The molecule has 47 heavy (non-hydrogen) atoms. The van der Waals surface area contributed by atoms with Crippen LogP contribution in [0, 0.1) is 0 Å². The molecule has 0 bridgehead atoms. The molecule has 1 atom stereocenters. The second-order valence-corrected chi connectivity index (χ2v) is 14.3. The second kappa shape index (κ2) is 39.2. The van der Waals surface area contributed by atoms with E-state index in [-0.39, 0.29) is 18.3 Å². The summed E-state index contributed by atoms with van der Waals surface area (Å²) in [7, 11) is 0. The summed E-state index contributed by atoms with van der Waals surface area (Å²) in [6.07, 6.45) is 48.0. The van der Waals surface area contributed by atoms with E-state index in [1.807, 2.05) is 13.8 Å². The van der Waals surface area contributed by atoms with Crippen LogP contribution in [0.3, 0.4) is 0 Å². The average molecular weight is 662 g/mol. The van der Waals surface area contributed by atoms with E-state index in [9.17, 15) is 4.79 Å². The van der Waals surface area contributed by atoms with Crippen LogP contribution in [-0.4, -0.2) is 31.5 Å². The van der Waals surface area contributed by atoms with E-state index in [0.717, 1.165) is 32.1 Å². The lowest BCUT2D eigenvalue weighted by Gasteiger charge is -2.18. The highest BCUT2D eigenvalue weighted by Gasteiger charge is 2.14. The molecule has 0 aromatic carbocycles. The molecule has 1 N–H and O–H groups in total. The van der Waals surface area contributed by atoms with Crippen LogP contribution in [0.15, 0.2) is 24.3 Å². The summed E-state index contributed by atoms with van der Waals surface area (Å²) < 4.78 is 11.5. The summed E-state index contributed by atoms with van der Waals surface area (Å²) >= 11 is 0. The molecule has 1 amide bonds. The van der Waals surface area contributed by atoms with Crippen molar-refractivity contribution in [2.75, 3.05) is 13.2 Å². The van der Waals surface area contributed by atoms with Crippen LogP contribution in [0.5, 0.6) is 0 Å². The van der Waals surface area contributed by atoms with Gasteiger partial charge in [-0.2, -0.15) is 0 Å². The third kappa shape index (κ3) is 39.0. The fourth-order valence-corrected chi connectivity index (χ4v) is 6.14. The molecule has 0 fully saturated rings. The Kier molecular flexibility index (Phi) is 38.1. The van der Waals surface area contributed by atoms with Crippen molar-refractivity contribution in [3.05, 3.63) is 24.3 Å². The van der Waals surface area contributed by atoms with Gasteiger partial charge in [0.1, 0.15) is 6.10 Å². The number of carbonyl (C=O) groups is 1. The predicted molar refractivity (Wildman–Crippen MR) is 207 cm³/mol. The molecule has 0 radical (unpaired) electrons. The van der Waals surface area contributed by atoms with Crippen molar-refractivity contribution in [1.29, 1.82) is 0 Å². The van der Waals surface area contributed by atoms with Crippen LogP contribution in [0.4, 0.5) is 4.79 Å². The van der Waals surface area contributed by atoms with Crippen LogP contribution < -0.4 is 5.32 Å². The van der Waals surface area contributed by atoms with E-state index in [1.165, 1.54) is 161 Å². The Bertz CT molecular complexity index is 674. The molecular formula is C43H83NO3. The van der Waals surface area contributed by atoms with Crippen LogP contribution in [-0.2, 0) is 9.47 Å². The Labute approximate surface area is 295 Å². The van der Waals surface area contributed by atoms with E-state index in [2.05, 4.69) is 43.5 Å². The summed E-state index contributed by atoms with van der Waals surface area (Å²) in [5.74, 6) is 0. The summed E-state index contributed by atoms with van der Waals surface area (Å²) in [4.78, 5) is 12.5. The monoisotopic (exact) mass is 662 g/mol. The Morgan fingerprint density at radius 2 is 0.936 bits per heavy atom. The molecule has 0 heterocycles. The molecule has 0 spiro atoms. The number of ether oxygens (including phenoxy) is 2. The number of hydrogen-bond acceptors (Lipinski definition) is 3. The van der Waals surface area contributed by atoms with Crippen LogP contribution in [0.1, 0.15) is 220 Å². The number of alkyl carbamates (subject to hydrolysis) is 1. The molecule has 4 heteroatoms. The van der Waals surface area contributed by atoms with Gasteiger partial charge in [-0.25, -0.2) is 4.79 Å². The number of hydrogen-bond donors (Lipinski definition) is 1. The second-order valence-electron chi connectivity index (χ2n) is 14.3. The van der Waals surface area contributed by atoms with Crippen molar-refractivity contribution in [3.8, 4) is 0 Å². The minimum Gasteiger partial charge on any atom is -0.446 e. The fraction of sp³-hybridized carbons (Fsp3) is 0.884. The summed E-state index contributed by atoms with van der Waals surface area (Å²) in [6.45, 7) is 9.92. The average Bonchev–Trinajstić information content (AvgIpc) is 3.05. The van der Waals surface area contributed by atoms with Gasteiger partial charge in [0.05, 0.1) is 6.10 Å². The van der Waals surface area contributed by atoms with Crippen molar-refractivity contribution >= 4 is 6.09 Å².